The zero-order valence-electron chi connectivity index (χ0n) is 13.9. The first-order chi connectivity index (χ1) is 13.3. The number of carbonyl (C=O) groups is 3. The second kappa shape index (κ2) is 8.34. The van der Waals surface area contributed by atoms with Gasteiger partial charge in [0.15, 0.2) is 6.61 Å². The van der Waals surface area contributed by atoms with Gasteiger partial charge in [-0.15, -0.1) is 0 Å². The summed E-state index contributed by atoms with van der Waals surface area (Å²) in [6, 6.07) is 9.09. The summed E-state index contributed by atoms with van der Waals surface area (Å²) in [6.07, 6.45) is 1.50. The van der Waals surface area contributed by atoms with Gasteiger partial charge in [0.1, 0.15) is 11.4 Å². The van der Waals surface area contributed by atoms with E-state index in [-0.39, 0.29) is 5.70 Å². The number of nitrogens with one attached hydrogen (secondary N) is 1. The van der Waals surface area contributed by atoms with Gasteiger partial charge in [-0.05, 0) is 73.8 Å². The highest BCUT2D eigenvalue weighted by Crippen LogP contribution is 2.35. The van der Waals surface area contributed by atoms with Gasteiger partial charge < -0.3 is 15.2 Å². The molecule has 3 amide bonds. The molecule has 1 fully saturated rings. The molecular formula is C18H11Br2ClN2O5. The summed E-state index contributed by atoms with van der Waals surface area (Å²) < 4.78 is 6.18. The third-order valence-corrected chi connectivity index (χ3v) is 5.03. The SMILES string of the molecule is O=C(O)COc1c(Br)cc(/C=C2/NC(=O)N(c3cccc(Cl)c3)C2=O)cc1Br. The summed E-state index contributed by atoms with van der Waals surface area (Å²) in [5, 5.41) is 11.7. The van der Waals surface area contributed by atoms with Crippen LogP contribution < -0.4 is 15.0 Å². The van der Waals surface area contributed by atoms with E-state index >= 15 is 0 Å². The summed E-state index contributed by atoms with van der Waals surface area (Å²) in [7, 11) is 0. The Labute approximate surface area is 181 Å². The number of nitrogens with zero attached hydrogens (tertiary/aromatic N) is 1. The van der Waals surface area contributed by atoms with Crippen molar-refractivity contribution < 1.29 is 24.2 Å². The van der Waals surface area contributed by atoms with Crippen LogP contribution in [-0.4, -0.2) is 29.6 Å². The number of carboxylic acids is 1. The van der Waals surface area contributed by atoms with E-state index in [1.165, 1.54) is 12.1 Å². The van der Waals surface area contributed by atoms with Crippen LogP contribution >= 0.6 is 43.5 Å². The van der Waals surface area contributed by atoms with Crippen LogP contribution in [0.1, 0.15) is 5.56 Å². The van der Waals surface area contributed by atoms with Crippen molar-refractivity contribution in [3.63, 3.8) is 0 Å². The lowest BCUT2D eigenvalue weighted by Gasteiger charge is -2.11. The van der Waals surface area contributed by atoms with Crippen LogP contribution in [0.4, 0.5) is 10.5 Å². The van der Waals surface area contributed by atoms with Gasteiger partial charge in [-0.1, -0.05) is 17.7 Å². The predicted molar refractivity (Wildman–Crippen MR) is 110 cm³/mol. The average Bonchev–Trinajstić information content (AvgIpc) is 2.87. The summed E-state index contributed by atoms with van der Waals surface area (Å²) in [5.41, 5.74) is 1.03. The second-order valence-electron chi connectivity index (χ2n) is 5.60. The minimum Gasteiger partial charge on any atom is -0.480 e. The number of hydrogen-bond donors (Lipinski definition) is 2. The molecule has 0 unspecified atom stereocenters. The third-order valence-electron chi connectivity index (χ3n) is 3.62. The van der Waals surface area contributed by atoms with Gasteiger partial charge in [-0.25, -0.2) is 14.5 Å². The Kier molecular flexibility index (Phi) is 6.07. The van der Waals surface area contributed by atoms with Gasteiger partial charge in [-0.2, -0.15) is 0 Å². The molecule has 2 aromatic carbocycles. The molecule has 3 rings (SSSR count). The number of carboxylic acid groups (broad SMARTS) is 1. The van der Waals surface area contributed by atoms with Crippen LogP contribution in [0.3, 0.4) is 0 Å². The topological polar surface area (TPSA) is 95.9 Å². The highest BCUT2D eigenvalue weighted by atomic mass is 79.9. The summed E-state index contributed by atoms with van der Waals surface area (Å²) in [5.74, 6) is -1.32. The fourth-order valence-corrected chi connectivity index (χ4v) is 4.12. The quantitative estimate of drug-likeness (QED) is 0.441. The Balaban J connectivity index is 1.89. The number of amides is 3. The normalized spacial score (nSPS) is 15.1. The lowest BCUT2D eigenvalue weighted by Crippen LogP contribution is -2.30. The minimum absolute atomic E-state index is 0.0861. The Morgan fingerprint density at radius 3 is 2.50 bits per heavy atom. The zero-order valence-corrected chi connectivity index (χ0v) is 17.8. The van der Waals surface area contributed by atoms with Crippen molar-refractivity contribution in [2.75, 3.05) is 11.5 Å². The standard InChI is InChI=1S/C18H11Br2ClN2O5/c19-12-4-9(5-13(20)16(12)28-8-15(24)25)6-14-17(26)23(18(27)22-14)11-3-1-2-10(21)7-11/h1-7H,8H2,(H,22,27)(H,24,25)/b14-6+. The molecular weight excluding hydrogens is 519 g/mol. The van der Waals surface area contributed by atoms with Crippen molar-refractivity contribution in [2.45, 2.75) is 0 Å². The molecule has 2 N–H and O–H groups in total. The number of benzene rings is 2. The maximum Gasteiger partial charge on any atom is 0.341 e. The van der Waals surface area contributed by atoms with E-state index in [1.54, 1.807) is 30.3 Å². The van der Waals surface area contributed by atoms with Crippen LogP contribution in [0.2, 0.25) is 5.02 Å². The molecule has 0 radical (unpaired) electrons. The molecule has 28 heavy (non-hydrogen) atoms. The number of imide groups is 1. The van der Waals surface area contributed by atoms with E-state index in [4.69, 9.17) is 21.4 Å². The summed E-state index contributed by atoms with van der Waals surface area (Å²) in [6.45, 7) is -0.499. The molecule has 1 saturated heterocycles. The number of urea groups is 1. The highest BCUT2D eigenvalue weighted by molar-refractivity contribution is 9.11. The van der Waals surface area contributed by atoms with E-state index in [0.717, 1.165) is 4.90 Å². The summed E-state index contributed by atoms with van der Waals surface area (Å²) in [4.78, 5) is 36.6. The first kappa shape index (κ1) is 20.4. The molecule has 2 aromatic rings. The van der Waals surface area contributed by atoms with Crippen LogP contribution in [0.5, 0.6) is 5.75 Å². The van der Waals surface area contributed by atoms with E-state index in [1.807, 2.05) is 0 Å². The molecule has 144 valence electrons. The fourth-order valence-electron chi connectivity index (χ4n) is 2.49. The lowest BCUT2D eigenvalue weighted by atomic mass is 10.2. The Bertz CT molecular complexity index is 1000. The van der Waals surface area contributed by atoms with E-state index in [9.17, 15) is 14.4 Å². The van der Waals surface area contributed by atoms with Crippen molar-refractivity contribution in [2.24, 2.45) is 0 Å². The van der Waals surface area contributed by atoms with E-state index in [2.05, 4.69) is 37.2 Å². The van der Waals surface area contributed by atoms with Gasteiger partial charge in [0.25, 0.3) is 5.91 Å². The maximum absolute atomic E-state index is 12.7. The lowest BCUT2D eigenvalue weighted by molar-refractivity contribution is -0.139. The minimum atomic E-state index is -1.11. The first-order valence-electron chi connectivity index (χ1n) is 7.72. The number of carbonyl (C=O) groups excluding carboxylic acids is 2. The first-order valence-corrected chi connectivity index (χ1v) is 9.69. The Morgan fingerprint density at radius 2 is 1.89 bits per heavy atom. The number of hydrogen-bond acceptors (Lipinski definition) is 4. The molecule has 0 aliphatic carbocycles. The number of aliphatic carboxylic acids is 1. The largest absolute Gasteiger partial charge is 0.480 e. The van der Waals surface area contributed by atoms with Gasteiger partial charge in [0.05, 0.1) is 14.6 Å². The number of halogens is 3. The highest BCUT2D eigenvalue weighted by Gasteiger charge is 2.35. The van der Waals surface area contributed by atoms with Crippen LogP contribution in [-0.2, 0) is 9.59 Å². The molecule has 1 heterocycles. The summed E-state index contributed by atoms with van der Waals surface area (Å²) >= 11 is 12.5. The number of rotatable bonds is 5. The Hall–Kier alpha value is -2.36. The van der Waals surface area contributed by atoms with Crippen LogP contribution in [0.25, 0.3) is 6.08 Å². The molecule has 10 heteroatoms. The number of anilines is 1. The zero-order chi connectivity index (χ0) is 20.4. The molecule has 7 nitrogen and oxygen atoms in total. The van der Waals surface area contributed by atoms with Gasteiger partial charge in [-0.3, -0.25) is 4.79 Å². The van der Waals surface area contributed by atoms with E-state index < -0.39 is 24.5 Å². The van der Waals surface area contributed by atoms with Gasteiger partial charge >= 0.3 is 12.0 Å². The smallest absolute Gasteiger partial charge is 0.341 e. The van der Waals surface area contributed by atoms with Crippen LogP contribution in [0, 0.1) is 0 Å². The van der Waals surface area contributed by atoms with Crippen molar-refractivity contribution in [3.8, 4) is 5.75 Å². The molecule has 0 atom stereocenters. The van der Waals surface area contributed by atoms with E-state index in [0.29, 0.717) is 31.0 Å². The van der Waals surface area contributed by atoms with Crippen molar-refractivity contribution in [1.29, 1.82) is 0 Å². The predicted octanol–water partition coefficient (Wildman–Crippen LogP) is 4.43. The number of ether oxygens (including phenoxy) is 1. The average molecular weight is 531 g/mol. The fraction of sp³-hybridized carbons (Fsp3) is 0.0556. The molecule has 0 aromatic heterocycles. The van der Waals surface area contributed by atoms with Crippen molar-refractivity contribution in [1.82, 2.24) is 5.32 Å². The van der Waals surface area contributed by atoms with Gasteiger partial charge in [0.2, 0.25) is 0 Å². The molecule has 0 spiro atoms. The van der Waals surface area contributed by atoms with Gasteiger partial charge in [0, 0.05) is 5.02 Å². The monoisotopic (exact) mass is 528 g/mol. The van der Waals surface area contributed by atoms with Crippen LogP contribution in [0.15, 0.2) is 51.0 Å². The molecule has 1 aliphatic rings. The molecule has 0 bridgehead atoms. The van der Waals surface area contributed by atoms with Crippen molar-refractivity contribution in [3.05, 3.63) is 61.6 Å². The van der Waals surface area contributed by atoms with Crippen molar-refractivity contribution >= 4 is 73.1 Å². The molecule has 0 saturated carbocycles. The third kappa shape index (κ3) is 4.37. The Morgan fingerprint density at radius 1 is 1.21 bits per heavy atom. The maximum atomic E-state index is 12.7. The molecule has 1 aliphatic heterocycles. The second-order valence-corrected chi connectivity index (χ2v) is 7.75.